The van der Waals surface area contributed by atoms with E-state index in [1.54, 1.807) is 43.3 Å². The van der Waals surface area contributed by atoms with Gasteiger partial charge in [-0.2, -0.15) is 10.1 Å². The van der Waals surface area contributed by atoms with Gasteiger partial charge in [-0.15, -0.1) is 0 Å². The molecular formula is C21H20N2O5. The Balaban J connectivity index is 1.98. The van der Waals surface area contributed by atoms with E-state index in [1.165, 1.54) is 5.01 Å². The van der Waals surface area contributed by atoms with Gasteiger partial charge in [-0.05, 0) is 38.1 Å². The Bertz CT molecular complexity index is 951. The molecule has 0 aliphatic carbocycles. The number of carbonyl (C=O) groups excluding carboxylic acids is 1. The van der Waals surface area contributed by atoms with Crippen LogP contribution in [0.2, 0.25) is 0 Å². The molecule has 28 heavy (non-hydrogen) atoms. The third-order valence-electron chi connectivity index (χ3n) is 4.01. The summed E-state index contributed by atoms with van der Waals surface area (Å²) in [5.41, 5.74) is 2.17. The Morgan fingerprint density at radius 3 is 2.57 bits per heavy atom. The summed E-state index contributed by atoms with van der Waals surface area (Å²) in [6, 6.07) is 14.3. The summed E-state index contributed by atoms with van der Waals surface area (Å²) >= 11 is 0. The van der Waals surface area contributed by atoms with Crippen molar-refractivity contribution in [3.8, 4) is 11.5 Å². The van der Waals surface area contributed by atoms with E-state index >= 15 is 0 Å². The number of para-hydroxylation sites is 2. The summed E-state index contributed by atoms with van der Waals surface area (Å²) in [6.45, 7) is 3.44. The number of aliphatic carboxylic acids is 1. The van der Waals surface area contributed by atoms with Gasteiger partial charge in [0.05, 0.1) is 23.6 Å². The van der Waals surface area contributed by atoms with Crippen LogP contribution in [0.1, 0.15) is 19.4 Å². The van der Waals surface area contributed by atoms with Crippen LogP contribution in [0.25, 0.3) is 6.08 Å². The number of carboxylic acid groups (broad SMARTS) is 1. The summed E-state index contributed by atoms with van der Waals surface area (Å²) in [4.78, 5) is 23.8. The molecule has 7 nitrogen and oxygen atoms in total. The van der Waals surface area contributed by atoms with Crippen molar-refractivity contribution in [1.82, 2.24) is 0 Å². The zero-order chi connectivity index (χ0) is 20.1. The van der Waals surface area contributed by atoms with E-state index in [2.05, 4.69) is 5.10 Å². The maximum atomic E-state index is 12.9. The Labute approximate surface area is 162 Å². The number of rotatable bonds is 7. The molecule has 2 aromatic carbocycles. The largest absolute Gasteiger partial charge is 0.490 e. The van der Waals surface area contributed by atoms with Crippen LogP contribution < -0.4 is 14.5 Å². The summed E-state index contributed by atoms with van der Waals surface area (Å²) in [5.74, 6) is -0.680. The molecule has 1 aliphatic heterocycles. The van der Waals surface area contributed by atoms with Crippen molar-refractivity contribution in [2.45, 2.75) is 13.8 Å². The average molecular weight is 380 g/mol. The minimum absolute atomic E-state index is 0.269. The molecule has 1 amide bonds. The number of hydrogen-bond donors (Lipinski definition) is 1. The van der Waals surface area contributed by atoms with Crippen molar-refractivity contribution in [3.05, 3.63) is 59.7 Å². The second kappa shape index (κ2) is 8.39. The Kier molecular flexibility index (Phi) is 5.74. The molecule has 7 heteroatoms. The van der Waals surface area contributed by atoms with E-state index in [-0.39, 0.29) is 11.7 Å². The molecule has 0 atom stereocenters. The maximum Gasteiger partial charge on any atom is 0.341 e. The highest BCUT2D eigenvalue weighted by Gasteiger charge is 2.29. The number of amides is 1. The van der Waals surface area contributed by atoms with E-state index in [9.17, 15) is 9.59 Å². The average Bonchev–Trinajstić information content (AvgIpc) is 2.96. The van der Waals surface area contributed by atoms with E-state index in [0.29, 0.717) is 34.9 Å². The lowest BCUT2D eigenvalue weighted by Crippen LogP contribution is -2.21. The molecule has 0 saturated carbocycles. The van der Waals surface area contributed by atoms with Gasteiger partial charge in [0.15, 0.2) is 18.1 Å². The van der Waals surface area contributed by atoms with Gasteiger partial charge in [0.1, 0.15) is 0 Å². The van der Waals surface area contributed by atoms with Crippen molar-refractivity contribution in [3.63, 3.8) is 0 Å². The molecule has 0 radical (unpaired) electrons. The fraction of sp³-hybridized carbons (Fsp3) is 0.190. The number of hydrazone groups is 1. The molecule has 1 aliphatic rings. The van der Waals surface area contributed by atoms with E-state index < -0.39 is 12.6 Å². The van der Waals surface area contributed by atoms with Crippen molar-refractivity contribution < 1.29 is 24.2 Å². The molecule has 0 unspecified atom stereocenters. The predicted octanol–water partition coefficient (Wildman–Crippen LogP) is 3.35. The molecule has 1 heterocycles. The maximum absolute atomic E-state index is 12.9. The summed E-state index contributed by atoms with van der Waals surface area (Å²) in [7, 11) is 0. The van der Waals surface area contributed by atoms with Gasteiger partial charge in [0.25, 0.3) is 5.91 Å². The predicted molar refractivity (Wildman–Crippen MR) is 106 cm³/mol. The van der Waals surface area contributed by atoms with E-state index in [4.69, 9.17) is 14.6 Å². The number of hydrogen-bond acceptors (Lipinski definition) is 5. The second-order valence-electron chi connectivity index (χ2n) is 5.99. The van der Waals surface area contributed by atoms with Crippen LogP contribution in [0.3, 0.4) is 0 Å². The molecule has 0 aromatic heterocycles. The molecule has 0 saturated heterocycles. The normalized spacial score (nSPS) is 14.9. The molecule has 144 valence electrons. The molecule has 1 N–H and O–H groups in total. The smallest absolute Gasteiger partial charge is 0.341 e. The van der Waals surface area contributed by atoms with Crippen LogP contribution in [0.5, 0.6) is 11.5 Å². The van der Waals surface area contributed by atoms with Crippen LogP contribution >= 0.6 is 0 Å². The Hall–Kier alpha value is -3.61. The number of anilines is 1. The molecule has 3 rings (SSSR count). The lowest BCUT2D eigenvalue weighted by molar-refractivity contribution is -0.139. The number of carboxylic acids is 1. The van der Waals surface area contributed by atoms with E-state index in [1.807, 2.05) is 25.1 Å². The standard InChI is InChI=1S/C21H20N2O5/c1-3-27-18-11-7-8-15(20(18)28-13-19(24)25)12-17-14(2)22-23(21(17)26)16-9-5-4-6-10-16/h4-12H,3,13H2,1-2H3,(H,24,25)/b17-12+. The Morgan fingerprint density at radius 2 is 1.89 bits per heavy atom. The molecule has 0 fully saturated rings. The number of carbonyl (C=O) groups is 2. The first-order chi connectivity index (χ1) is 13.5. The summed E-state index contributed by atoms with van der Waals surface area (Å²) in [5, 5.41) is 14.6. The number of ether oxygens (including phenoxy) is 2. The first kappa shape index (κ1) is 19.2. The first-order valence-electron chi connectivity index (χ1n) is 8.78. The van der Waals surface area contributed by atoms with Crippen molar-refractivity contribution in [2.24, 2.45) is 5.10 Å². The van der Waals surface area contributed by atoms with Gasteiger partial charge < -0.3 is 14.6 Å². The van der Waals surface area contributed by atoms with Crippen LogP contribution in [0.4, 0.5) is 5.69 Å². The highest BCUT2D eigenvalue weighted by molar-refractivity contribution is 6.32. The highest BCUT2D eigenvalue weighted by atomic mass is 16.5. The highest BCUT2D eigenvalue weighted by Crippen LogP contribution is 2.34. The quantitative estimate of drug-likeness (QED) is 0.744. The molecule has 2 aromatic rings. The lowest BCUT2D eigenvalue weighted by Gasteiger charge is -2.14. The van der Waals surface area contributed by atoms with Crippen molar-refractivity contribution in [1.29, 1.82) is 0 Å². The van der Waals surface area contributed by atoms with Gasteiger partial charge in [0, 0.05) is 5.56 Å². The van der Waals surface area contributed by atoms with Gasteiger partial charge in [-0.1, -0.05) is 30.3 Å². The monoisotopic (exact) mass is 380 g/mol. The summed E-state index contributed by atoms with van der Waals surface area (Å²) < 4.78 is 11.0. The molecule has 0 spiro atoms. The number of benzene rings is 2. The zero-order valence-electron chi connectivity index (χ0n) is 15.6. The third kappa shape index (κ3) is 4.03. The SMILES string of the molecule is CCOc1cccc(/C=C2/C(=O)N(c3ccccc3)N=C2C)c1OCC(=O)O. The number of nitrogens with zero attached hydrogens (tertiary/aromatic N) is 2. The minimum Gasteiger partial charge on any atom is -0.490 e. The van der Waals surface area contributed by atoms with Gasteiger partial charge in [0.2, 0.25) is 0 Å². The van der Waals surface area contributed by atoms with Crippen LogP contribution in [-0.4, -0.2) is 35.9 Å². The molecular weight excluding hydrogens is 360 g/mol. The van der Waals surface area contributed by atoms with E-state index in [0.717, 1.165) is 0 Å². The van der Waals surface area contributed by atoms with Crippen molar-refractivity contribution >= 4 is 29.4 Å². The van der Waals surface area contributed by atoms with Gasteiger partial charge in [-0.3, -0.25) is 4.79 Å². The third-order valence-corrected chi connectivity index (χ3v) is 4.01. The van der Waals surface area contributed by atoms with Crippen LogP contribution in [-0.2, 0) is 9.59 Å². The van der Waals surface area contributed by atoms with Gasteiger partial charge in [-0.25, -0.2) is 4.79 Å². The lowest BCUT2D eigenvalue weighted by atomic mass is 10.1. The molecule has 0 bridgehead atoms. The fourth-order valence-corrected chi connectivity index (χ4v) is 2.79. The van der Waals surface area contributed by atoms with Crippen molar-refractivity contribution in [2.75, 3.05) is 18.2 Å². The Morgan fingerprint density at radius 1 is 1.14 bits per heavy atom. The van der Waals surface area contributed by atoms with Crippen LogP contribution in [0.15, 0.2) is 59.2 Å². The second-order valence-corrected chi connectivity index (χ2v) is 5.99. The van der Waals surface area contributed by atoms with Gasteiger partial charge >= 0.3 is 5.97 Å². The van der Waals surface area contributed by atoms with Crippen LogP contribution in [0, 0.1) is 0 Å². The minimum atomic E-state index is -1.10. The zero-order valence-corrected chi connectivity index (χ0v) is 15.6. The fourth-order valence-electron chi connectivity index (χ4n) is 2.79. The summed E-state index contributed by atoms with van der Waals surface area (Å²) in [6.07, 6.45) is 1.64. The topological polar surface area (TPSA) is 88.4 Å². The first-order valence-corrected chi connectivity index (χ1v) is 8.78.